The molecule has 0 saturated heterocycles. The third kappa shape index (κ3) is 2.58. The lowest BCUT2D eigenvalue weighted by Gasteiger charge is -2.20. The highest BCUT2D eigenvalue weighted by Gasteiger charge is 2.21. The monoisotopic (exact) mass is 241 g/mol. The van der Waals surface area contributed by atoms with Crippen molar-refractivity contribution in [2.75, 3.05) is 0 Å². The zero-order chi connectivity index (χ0) is 13.0. The predicted octanol–water partition coefficient (Wildman–Crippen LogP) is 1.73. The molecule has 4 nitrogen and oxygen atoms in total. The number of rotatable bonds is 2. The van der Waals surface area contributed by atoms with Crippen LogP contribution in [0.5, 0.6) is 0 Å². The van der Waals surface area contributed by atoms with Crippen molar-refractivity contribution in [1.29, 1.82) is 5.26 Å². The van der Waals surface area contributed by atoms with Crippen LogP contribution < -0.4 is 11.3 Å². The second-order valence-corrected chi connectivity index (χ2v) is 4.40. The maximum atomic E-state index is 11.4. The van der Waals surface area contributed by atoms with E-state index in [0.29, 0.717) is 12.0 Å². The number of nitrogens with one attached hydrogen (secondary N) is 1. The number of allylic oxidation sites excluding steroid dienone is 2. The molecule has 1 atom stereocenters. The van der Waals surface area contributed by atoms with Crippen LogP contribution in [0, 0.1) is 17.2 Å². The van der Waals surface area contributed by atoms with Gasteiger partial charge in [-0.25, -0.2) is 5.84 Å². The lowest BCUT2D eigenvalue weighted by atomic mass is 9.86. The topological polar surface area (TPSA) is 78.9 Å². The molecule has 0 bridgehead atoms. The van der Waals surface area contributed by atoms with E-state index in [4.69, 9.17) is 11.1 Å². The Kier molecular flexibility index (Phi) is 3.75. The Bertz CT molecular complexity index is 528. The van der Waals surface area contributed by atoms with E-state index in [0.717, 1.165) is 18.4 Å². The highest BCUT2D eigenvalue weighted by Crippen LogP contribution is 2.30. The van der Waals surface area contributed by atoms with E-state index in [-0.39, 0.29) is 11.8 Å². The first-order valence-electron chi connectivity index (χ1n) is 5.94. The van der Waals surface area contributed by atoms with Crippen LogP contribution in [0.15, 0.2) is 30.3 Å². The molecule has 4 heteroatoms. The van der Waals surface area contributed by atoms with Gasteiger partial charge in [-0.1, -0.05) is 18.2 Å². The quantitative estimate of drug-likeness (QED) is 0.470. The molecule has 0 heterocycles. The van der Waals surface area contributed by atoms with E-state index in [9.17, 15) is 4.79 Å². The van der Waals surface area contributed by atoms with Crippen molar-refractivity contribution in [3.05, 3.63) is 41.5 Å². The highest BCUT2D eigenvalue weighted by molar-refractivity contribution is 5.80. The maximum absolute atomic E-state index is 11.4. The summed E-state index contributed by atoms with van der Waals surface area (Å²) in [6.45, 7) is 0. The van der Waals surface area contributed by atoms with Gasteiger partial charge in [-0.2, -0.15) is 5.26 Å². The summed E-state index contributed by atoms with van der Waals surface area (Å²) < 4.78 is 0. The molecule has 0 radical (unpaired) electrons. The standard InChI is InChI=1S/C14H15N3O/c15-9-10-2-1-3-13(8-10)11-4-6-12(7-5-11)14(18)17-16/h1-4,8,12H,5-7,16H2,(H,17,18)/t12-/m1/s1. The number of nitrogens with zero attached hydrogens (tertiary/aromatic N) is 1. The molecule has 1 amide bonds. The fourth-order valence-corrected chi connectivity index (χ4v) is 2.24. The molecule has 1 aliphatic rings. The first-order valence-corrected chi connectivity index (χ1v) is 5.94. The van der Waals surface area contributed by atoms with Crippen molar-refractivity contribution >= 4 is 11.5 Å². The van der Waals surface area contributed by atoms with E-state index in [2.05, 4.69) is 17.6 Å². The second-order valence-electron chi connectivity index (χ2n) is 4.40. The van der Waals surface area contributed by atoms with Crippen molar-refractivity contribution in [1.82, 2.24) is 5.43 Å². The zero-order valence-corrected chi connectivity index (χ0v) is 10.0. The number of benzene rings is 1. The number of nitriles is 1. The summed E-state index contributed by atoms with van der Waals surface area (Å²) in [4.78, 5) is 11.4. The maximum Gasteiger partial charge on any atom is 0.237 e. The van der Waals surface area contributed by atoms with Gasteiger partial charge in [0.1, 0.15) is 0 Å². The van der Waals surface area contributed by atoms with Gasteiger partial charge in [0.05, 0.1) is 11.6 Å². The van der Waals surface area contributed by atoms with Crippen molar-refractivity contribution in [2.45, 2.75) is 19.3 Å². The molecule has 1 aromatic rings. The minimum absolute atomic E-state index is 0.0297. The van der Waals surface area contributed by atoms with E-state index in [1.165, 1.54) is 5.57 Å². The summed E-state index contributed by atoms with van der Waals surface area (Å²) in [6.07, 6.45) is 4.41. The molecule has 1 aromatic carbocycles. The van der Waals surface area contributed by atoms with Crippen molar-refractivity contribution < 1.29 is 4.79 Å². The van der Waals surface area contributed by atoms with Gasteiger partial charge >= 0.3 is 0 Å². The van der Waals surface area contributed by atoms with Crippen LogP contribution in [0.2, 0.25) is 0 Å². The van der Waals surface area contributed by atoms with Gasteiger partial charge in [-0.3, -0.25) is 10.2 Å². The van der Waals surface area contributed by atoms with Gasteiger partial charge in [-0.05, 0) is 42.5 Å². The fourth-order valence-electron chi connectivity index (χ4n) is 2.24. The van der Waals surface area contributed by atoms with Crippen LogP contribution in [0.25, 0.3) is 5.57 Å². The van der Waals surface area contributed by atoms with E-state index >= 15 is 0 Å². The largest absolute Gasteiger partial charge is 0.294 e. The average Bonchev–Trinajstić information content (AvgIpc) is 2.46. The minimum atomic E-state index is -0.101. The fraction of sp³-hybridized carbons (Fsp3) is 0.286. The Morgan fingerprint density at radius 1 is 1.50 bits per heavy atom. The molecule has 1 aliphatic carbocycles. The first-order chi connectivity index (χ1) is 8.74. The van der Waals surface area contributed by atoms with E-state index in [1.54, 1.807) is 6.07 Å². The van der Waals surface area contributed by atoms with Crippen LogP contribution in [0.1, 0.15) is 30.4 Å². The second kappa shape index (κ2) is 5.48. The summed E-state index contributed by atoms with van der Waals surface area (Å²) in [5, 5.41) is 8.87. The van der Waals surface area contributed by atoms with Gasteiger partial charge in [0.2, 0.25) is 5.91 Å². The van der Waals surface area contributed by atoms with Gasteiger partial charge in [0, 0.05) is 5.92 Å². The SMILES string of the molecule is N#Cc1cccc(C2=CC[C@@H](C(=O)NN)CC2)c1. The van der Waals surface area contributed by atoms with Gasteiger partial charge < -0.3 is 0 Å². The molecule has 0 spiro atoms. The molecule has 18 heavy (non-hydrogen) atoms. The summed E-state index contributed by atoms with van der Waals surface area (Å²) in [7, 11) is 0. The number of hydrogen-bond donors (Lipinski definition) is 2. The number of hydrazine groups is 1. The van der Waals surface area contributed by atoms with Gasteiger partial charge in [-0.15, -0.1) is 0 Å². The Labute approximate surface area is 106 Å². The van der Waals surface area contributed by atoms with E-state index in [1.807, 2.05) is 18.2 Å². The molecule has 0 saturated carbocycles. The number of nitrogens with two attached hydrogens (primary N) is 1. The molecule has 2 rings (SSSR count). The van der Waals surface area contributed by atoms with Crippen molar-refractivity contribution in [3.63, 3.8) is 0 Å². The summed E-state index contributed by atoms with van der Waals surface area (Å²) >= 11 is 0. The van der Waals surface area contributed by atoms with Crippen molar-refractivity contribution in [3.8, 4) is 6.07 Å². The lowest BCUT2D eigenvalue weighted by Crippen LogP contribution is -2.36. The Morgan fingerprint density at radius 3 is 2.94 bits per heavy atom. The Morgan fingerprint density at radius 2 is 2.33 bits per heavy atom. The number of carbonyl (C=O) groups excluding carboxylic acids is 1. The smallest absolute Gasteiger partial charge is 0.237 e. The zero-order valence-electron chi connectivity index (χ0n) is 10.0. The molecule has 0 aliphatic heterocycles. The van der Waals surface area contributed by atoms with Gasteiger partial charge in [0.25, 0.3) is 0 Å². The first kappa shape index (κ1) is 12.3. The number of hydrogen-bond acceptors (Lipinski definition) is 3. The average molecular weight is 241 g/mol. The van der Waals surface area contributed by atoms with Crippen LogP contribution >= 0.6 is 0 Å². The Hall–Kier alpha value is -2.12. The van der Waals surface area contributed by atoms with Crippen LogP contribution in [-0.2, 0) is 4.79 Å². The molecule has 0 unspecified atom stereocenters. The Balaban J connectivity index is 2.14. The molecule has 0 fully saturated rings. The molecular weight excluding hydrogens is 226 g/mol. The molecule has 3 N–H and O–H groups in total. The normalized spacial score (nSPS) is 18.7. The van der Waals surface area contributed by atoms with Crippen LogP contribution in [0.3, 0.4) is 0 Å². The van der Waals surface area contributed by atoms with Crippen LogP contribution in [-0.4, -0.2) is 5.91 Å². The predicted molar refractivity (Wildman–Crippen MR) is 68.8 cm³/mol. The minimum Gasteiger partial charge on any atom is -0.294 e. The lowest BCUT2D eigenvalue weighted by molar-refractivity contribution is -0.125. The van der Waals surface area contributed by atoms with Crippen molar-refractivity contribution in [2.24, 2.45) is 11.8 Å². The molecule has 92 valence electrons. The summed E-state index contributed by atoms with van der Waals surface area (Å²) in [5.41, 5.74) is 5.13. The summed E-state index contributed by atoms with van der Waals surface area (Å²) in [5.74, 6) is 5.00. The number of carbonyl (C=O) groups is 1. The molecule has 0 aromatic heterocycles. The highest BCUT2D eigenvalue weighted by atomic mass is 16.2. The van der Waals surface area contributed by atoms with Gasteiger partial charge in [0.15, 0.2) is 0 Å². The number of amides is 1. The summed E-state index contributed by atoms with van der Waals surface area (Å²) in [6, 6.07) is 9.69. The third-order valence-corrected chi connectivity index (χ3v) is 3.29. The van der Waals surface area contributed by atoms with Crippen LogP contribution in [0.4, 0.5) is 0 Å². The third-order valence-electron chi connectivity index (χ3n) is 3.29. The molecular formula is C14H15N3O. The van der Waals surface area contributed by atoms with E-state index < -0.39 is 0 Å².